The summed E-state index contributed by atoms with van der Waals surface area (Å²) in [7, 11) is 0. The quantitative estimate of drug-likeness (QED) is 0.257. The van der Waals surface area contributed by atoms with E-state index in [0.717, 1.165) is 17.4 Å². The molecule has 0 N–H and O–H groups in total. The third kappa shape index (κ3) is 3.67. The molecule has 144 valence electrons. The minimum atomic E-state index is -0.508. The Morgan fingerprint density at radius 1 is 1.10 bits per heavy atom. The van der Waals surface area contributed by atoms with Crippen LogP contribution in [0.25, 0.3) is 17.3 Å². The molecule has 0 radical (unpaired) electrons. The zero-order valence-corrected chi connectivity index (χ0v) is 16.0. The Morgan fingerprint density at radius 2 is 1.90 bits per heavy atom. The number of hydrogen-bond acceptors (Lipinski definition) is 7. The monoisotopic (exact) mass is 406 g/mol. The molecular formula is C20H14N4O4S. The summed E-state index contributed by atoms with van der Waals surface area (Å²) in [5.74, 6) is 0.763. The van der Waals surface area contributed by atoms with Crippen molar-refractivity contribution in [3.05, 3.63) is 82.6 Å². The van der Waals surface area contributed by atoms with E-state index in [9.17, 15) is 14.9 Å². The van der Waals surface area contributed by atoms with Crippen molar-refractivity contribution < 1.29 is 14.1 Å². The van der Waals surface area contributed by atoms with Crippen LogP contribution in [0.4, 0.5) is 5.69 Å². The average molecular weight is 406 g/mol. The Morgan fingerprint density at radius 3 is 2.55 bits per heavy atom. The fraction of sp³-hybridized carbons (Fsp3) is 0.0500. The van der Waals surface area contributed by atoms with Crippen molar-refractivity contribution in [3.63, 3.8) is 0 Å². The Bertz CT molecular complexity index is 1190. The number of nitro groups is 1. The van der Waals surface area contributed by atoms with Gasteiger partial charge in [-0.25, -0.2) is 0 Å². The lowest BCUT2D eigenvalue weighted by Crippen LogP contribution is -2.00. The molecule has 0 fully saturated rings. The molecule has 29 heavy (non-hydrogen) atoms. The van der Waals surface area contributed by atoms with Crippen molar-refractivity contribution in [1.82, 2.24) is 14.8 Å². The maximum absolute atomic E-state index is 11.6. The lowest BCUT2D eigenvalue weighted by molar-refractivity contribution is -0.387. The van der Waals surface area contributed by atoms with Gasteiger partial charge in [-0.3, -0.25) is 19.5 Å². The highest BCUT2D eigenvalue weighted by Gasteiger charge is 2.23. The Kier molecular flexibility index (Phi) is 4.96. The van der Waals surface area contributed by atoms with Crippen molar-refractivity contribution in [2.75, 3.05) is 0 Å². The molecule has 0 bridgehead atoms. The number of Topliss-reactive ketones (excluding diaryl/α,β-unsaturated/α-hetero) is 1. The predicted molar refractivity (Wildman–Crippen MR) is 106 cm³/mol. The number of carbonyl (C=O) groups excluding carboxylic acids is 1. The zero-order chi connectivity index (χ0) is 20.4. The van der Waals surface area contributed by atoms with Gasteiger partial charge >= 0.3 is 0 Å². The molecule has 0 aliphatic carbocycles. The summed E-state index contributed by atoms with van der Waals surface area (Å²) in [5, 5.41) is 20.4. The Hall–Kier alpha value is -3.72. The van der Waals surface area contributed by atoms with Crippen LogP contribution in [0.1, 0.15) is 17.3 Å². The third-order valence-electron chi connectivity index (χ3n) is 4.15. The number of para-hydroxylation sites is 1. The molecule has 2 aromatic carbocycles. The molecule has 0 aliphatic rings. The normalized spacial score (nSPS) is 10.8. The van der Waals surface area contributed by atoms with E-state index in [2.05, 4.69) is 10.2 Å². The number of rotatable bonds is 6. The fourth-order valence-electron chi connectivity index (χ4n) is 2.77. The van der Waals surface area contributed by atoms with E-state index in [1.165, 1.54) is 19.3 Å². The SMILES string of the molecule is CC(=O)c1ccc(Sc2nnc(-c3ccco3)n2-c2ccccc2)c([N+](=O)[O-])c1. The minimum Gasteiger partial charge on any atom is -0.461 e. The van der Waals surface area contributed by atoms with Crippen molar-refractivity contribution in [3.8, 4) is 17.3 Å². The van der Waals surface area contributed by atoms with Crippen LogP contribution in [0.15, 0.2) is 81.4 Å². The van der Waals surface area contributed by atoms with Gasteiger partial charge in [-0.2, -0.15) is 0 Å². The molecule has 0 saturated carbocycles. The molecule has 4 rings (SSSR count). The summed E-state index contributed by atoms with van der Waals surface area (Å²) < 4.78 is 7.24. The van der Waals surface area contributed by atoms with Gasteiger partial charge in [0.1, 0.15) is 0 Å². The lowest BCUT2D eigenvalue weighted by atomic mass is 10.1. The van der Waals surface area contributed by atoms with Gasteiger partial charge in [-0.1, -0.05) is 18.2 Å². The number of nitrogens with zero attached hydrogens (tertiary/aromatic N) is 4. The van der Waals surface area contributed by atoms with Crippen LogP contribution in [0, 0.1) is 10.1 Å². The van der Waals surface area contributed by atoms with Crippen LogP contribution in [0.3, 0.4) is 0 Å². The maximum atomic E-state index is 11.6. The number of furan rings is 1. The second kappa shape index (κ2) is 7.72. The molecule has 0 amide bonds. The molecule has 8 nitrogen and oxygen atoms in total. The first-order valence-corrected chi connectivity index (χ1v) is 9.38. The predicted octanol–water partition coefficient (Wildman–Crippen LogP) is 4.79. The Balaban J connectivity index is 1.83. The molecule has 0 unspecified atom stereocenters. The van der Waals surface area contributed by atoms with Gasteiger partial charge in [0, 0.05) is 17.3 Å². The zero-order valence-electron chi connectivity index (χ0n) is 15.2. The summed E-state index contributed by atoms with van der Waals surface area (Å²) in [6.45, 7) is 1.37. The molecule has 0 aliphatic heterocycles. The molecule has 0 atom stereocenters. The molecular weight excluding hydrogens is 392 g/mol. The van der Waals surface area contributed by atoms with E-state index >= 15 is 0 Å². The number of carbonyl (C=O) groups is 1. The summed E-state index contributed by atoms with van der Waals surface area (Å²) in [5.41, 5.74) is 0.904. The standard InChI is InChI=1S/C20H14N4O4S/c1-13(25)14-9-10-18(16(12-14)24(26)27)29-20-22-21-19(17-8-5-11-28-17)23(20)15-6-3-2-4-7-15/h2-12H,1H3. The van der Waals surface area contributed by atoms with E-state index in [-0.39, 0.29) is 17.0 Å². The third-order valence-corrected chi connectivity index (χ3v) is 5.16. The molecule has 0 saturated heterocycles. The number of aromatic nitrogens is 3. The Labute approximate surface area is 169 Å². The fourth-order valence-corrected chi connectivity index (χ4v) is 3.71. The molecule has 0 spiro atoms. The number of benzene rings is 2. The molecule has 9 heteroatoms. The maximum Gasteiger partial charge on any atom is 0.284 e. The lowest BCUT2D eigenvalue weighted by Gasteiger charge is -2.09. The van der Waals surface area contributed by atoms with Crippen LogP contribution >= 0.6 is 11.8 Å². The van der Waals surface area contributed by atoms with Crippen LogP contribution in [-0.2, 0) is 0 Å². The van der Waals surface area contributed by atoms with Crippen LogP contribution in [0.5, 0.6) is 0 Å². The van der Waals surface area contributed by atoms with Crippen LogP contribution in [0.2, 0.25) is 0 Å². The topological polar surface area (TPSA) is 104 Å². The van der Waals surface area contributed by atoms with Gasteiger partial charge in [0.15, 0.2) is 11.5 Å². The van der Waals surface area contributed by atoms with Gasteiger partial charge in [-0.15, -0.1) is 10.2 Å². The van der Waals surface area contributed by atoms with Crippen molar-refractivity contribution in [1.29, 1.82) is 0 Å². The van der Waals surface area contributed by atoms with Crippen molar-refractivity contribution >= 4 is 23.2 Å². The summed E-state index contributed by atoms with van der Waals surface area (Å²) in [6, 6.07) is 17.3. The first kappa shape index (κ1) is 18.6. The van der Waals surface area contributed by atoms with E-state index in [1.807, 2.05) is 30.3 Å². The van der Waals surface area contributed by atoms with Gasteiger partial charge in [0.25, 0.3) is 5.69 Å². The molecule has 2 heterocycles. The highest BCUT2D eigenvalue weighted by atomic mass is 32.2. The minimum absolute atomic E-state index is 0.162. The molecule has 2 aromatic heterocycles. The highest BCUT2D eigenvalue weighted by Crippen LogP contribution is 2.37. The van der Waals surface area contributed by atoms with Gasteiger partial charge in [0.05, 0.1) is 16.1 Å². The summed E-state index contributed by atoms with van der Waals surface area (Å²) in [4.78, 5) is 23.0. The second-order valence-electron chi connectivity index (χ2n) is 6.05. The van der Waals surface area contributed by atoms with Gasteiger partial charge in [0.2, 0.25) is 11.0 Å². The van der Waals surface area contributed by atoms with E-state index in [4.69, 9.17) is 4.42 Å². The van der Waals surface area contributed by atoms with Gasteiger partial charge < -0.3 is 4.42 Å². The number of ketones is 1. The van der Waals surface area contributed by atoms with Crippen LogP contribution in [-0.4, -0.2) is 25.5 Å². The smallest absolute Gasteiger partial charge is 0.284 e. The first-order chi connectivity index (χ1) is 14.0. The second-order valence-corrected chi connectivity index (χ2v) is 7.06. The van der Waals surface area contributed by atoms with Gasteiger partial charge in [-0.05, 0) is 55.1 Å². The average Bonchev–Trinajstić information content (AvgIpc) is 3.38. The number of nitro benzene ring substituents is 1. The first-order valence-electron chi connectivity index (χ1n) is 8.56. The molecule has 4 aromatic rings. The largest absolute Gasteiger partial charge is 0.461 e. The van der Waals surface area contributed by atoms with Crippen molar-refractivity contribution in [2.24, 2.45) is 0 Å². The number of hydrogen-bond donors (Lipinski definition) is 0. The summed E-state index contributed by atoms with van der Waals surface area (Å²) >= 11 is 1.10. The van der Waals surface area contributed by atoms with Crippen LogP contribution < -0.4 is 0 Å². The van der Waals surface area contributed by atoms with E-state index < -0.39 is 4.92 Å². The van der Waals surface area contributed by atoms with E-state index in [0.29, 0.717) is 21.6 Å². The van der Waals surface area contributed by atoms with Crippen molar-refractivity contribution in [2.45, 2.75) is 17.0 Å². The highest BCUT2D eigenvalue weighted by molar-refractivity contribution is 7.99. The summed E-state index contributed by atoms with van der Waals surface area (Å²) in [6.07, 6.45) is 1.54. The van der Waals surface area contributed by atoms with E-state index in [1.54, 1.807) is 28.8 Å².